The third-order valence-corrected chi connectivity index (χ3v) is 7.19. The van der Waals surface area contributed by atoms with Crippen LogP contribution in [0.15, 0.2) is 72.8 Å². The fraction of sp³-hybridized carbons (Fsp3) is 0.483. The van der Waals surface area contributed by atoms with E-state index in [1.165, 1.54) is 0 Å². The van der Waals surface area contributed by atoms with Crippen LogP contribution in [-0.2, 0) is 37.0 Å². The number of hydrogen-bond donors (Lipinski definition) is 0. The summed E-state index contributed by atoms with van der Waals surface area (Å²) in [5.74, 6) is 0.0905. The standard InChI is InChI=1S/C29H37BrO5/c1-2-3-6-15-25(34-21-32-19-23-11-7-4-8-12-23)16-17-26-28(18-27(31)29(26)30)35-22-33-20-24-13-9-5-10-14-24/h4-5,7-14,16-17,25-26,28-29H,2-3,6,15,18-22H2,1H3/b17-16+/t25?,26-,28+,29+/m0/s1. The maximum absolute atomic E-state index is 12.4. The molecule has 190 valence electrons. The predicted octanol–water partition coefficient (Wildman–Crippen LogP) is 6.59. The molecular weight excluding hydrogens is 508 g/mol. The van der Waals surface area contributed by atoms with Crippen LogP contribution in [0, 0.1) is 5.92 Å². The summed E-state index contributed by atoms with van der Waals surface area (Å²) in [6.45, 7) is 3.57. The third kappa shape index (κ3) is 9.98. The summed E-state index contributed by atoms with van der Waals surface area (Å²) in [6, 6.07) is 20.0. The minimum atomic E-state index is -0.261. The van der Waals surface area contributed by atoms with E-state index in [4.69, 9.17) is 18.9 Å². The zero-order valence-electron chi connectivity index (χ0n) is 20.5. The van der Waals surface area contributed by atoms with Crippen molar-refractivity contribution in [3.63, 3.8) is 0 Å². The number of Topliss-reactive ketones (excluding diaryl/α,β-unsaturated/α-hetero) is 1. The number of rotatable bonds is 16. The number of halogens is 1. The molecule has 0 aromatic heterocycles. The highest BCUT2D eigenvalue weighted by molar-refractivity contribution is 9.10. The SMILES string of the molecule is CCCCCC(/C=C/[C@H]1[C@H](OCOCc2ccccc2)CC(=O)[C@@H]1Br)OCOCc1ccccc1. The summed E-state index contributed by atoms with van der Waals surface area (Å²) < 4.78 is 23.4. The van der Waals surface area contributed by atoms with E-state index in [-0.39, 0.29) is 42.3 Å². The van der Waals surface area contributed by atoms with Gasteiger partial charge in [-0.15, -0.1) is 0 Å². The summed E-state index contributed by atoms with van der Waals surface area (Å²) in [5, 5.41) is 0. The highest BCUT2D eigenvalue weighted by Crippen LogP contribution is 2.33. The Morgan fingerprint density at radius 3 is 2.20 bits per heavy atom. The molecule has 5 nitrogen and oxygen atoms in total. The van der Waals surface area contributed by atoms with Crippen molar-refractivity contribution in [1.82, 2.24) is 0 Å². The number of carbonyl (C=O) groups is 1. The third-order valence-electron chi connectivity index (χ3n) is 6.07. The number of alkyl halides is 1. The zero-order chi connectivity index (χ0) is 24.7. The summed E-state index contributed by atoms with van der Waals surface area (Å²) >= 11 is 3.57. The average molecular weight is 546 g/mol. The van der Waals surface area contributed by atoms with Gasteiger partial charge in [0, 0.05) is 12.3 Å². The summed E-state index contributed by atoms with van der Waals surface area (Å²) in [4.78, 5) is 12.1. The van der Waals surface area contributed by atoms with Gasteiger partial charge in [-0.1, -0.05) is 115 Å². The van der Waals surface area contributed by atoms with Gasteiger partial charge < -0.3 is 18.9 Å². The zero-order valence-corrected chi connectivity index (χ0v) is 22.1. The number of hydrogen-bond acceptors (Lipinski definition) is 5. The van der Waals surface area contributed by atoms with Crippen LogP contribution in [0.4, 0.5) is 0 Å². The first kappa shape index (κ1) is 27.8. The van der Waals surface area contributed by atoms with Gasteiger partial charge in [0.25, 0.3) is 0 Å². The fourth-order valence-electron chi connectivity index (χ4n) is 4.06. The van der Waals surface area contributed by atoms with Crippen LogP contribution in [0.2, 0.25) is 0 Å². The van der Waals surface area contributed by atoms with E-state index >= 15 is 0 Å². The van der Waals surface area contributed by atoms with Crippen molar-refractivity contribution < 1.29 is 23.7 Å². The second-order valence-electron chi connectivity index (χ2n) is 8.84. The minimum Gasteiger partial charge on any atom is -0.351 e. The van der Waals surface area contributed by atoms with Crippen LogP contribution in [-0.4, -0.2) is 36.4 Å². The quantitative estimate of drug-likeness (QED) is 0.103. The molecule has 1 fully saturated rings. The van der Waals surface area contributed by atoms with Gasteiger partial charge in [-0.2, -0.15) is 0 Å². The molecule has 4 atom stereocenters. The van der Waals surface area contributed by atoms with Crippen molar-refractivity contribution in [2.75, 3.05) is 13.6 Å². The predicted molar refractivity (Wildman–Crippen MR) is 141 cm³/mol. The highest BCUT2D eigenvalue weighted by atomic mass is 79.9. The van der Waals surface area contributed by atoms with Crippen molar-refractivity contribution in [1.29, 1.82) is 0 Å². The van der Waals surface area contributed by atoms with Gasteiger partial charge in [-0.3, -0.25) is 4.79 Å². The van der Waals surface area contributed by atoms with E-state index in [1.54, 1.807) is 0 Å². The van der Waals surface area contributed by atoms with Gasteiger partial charge >= 0.3 is 0 Å². The van der Waals surface area contributed by atoms with Gasteiger partial charge in [0.05, 0.1) is 30.2 Å². The van der Waals surface area contributed by atoms with Crippen LogP contribution in [0.3, 0.4) is 0 Å². The number of benzene rings is 2. The van der Waals surface area contributed by atoms with Crippen LogP contribution >= 0.6 is 15.9 Å². The highest BCUT2D eigenvalue weighted by Gasteiger charge is 2.40. The molecule has 0 N–H and O–H groups in total. The van der Waals surface area contributed by atoms with Crippen molar-refractivity contribution in [2.24, 2.45) is 5.92 Å². The molecule has 35 heavy (non-hydrogen) atoms. The lowest BCUT2D eigenvalue weighted by molar-refractivity contribution is -0.120. The Balaban J connectivity index is 1.49. The molecule has 0 bridgehead atoms. The van der Waals surface area contributed by atoms with Crippen LogP contribution < -0.4 is 0 Å². The van der Waals surface area contributed by atoms with E-state index < -0.39 is 0 Å². The Bertz CT molecular complexity index is 873. The fourth-order valence-corrected chi connectivity index (χ4v) is 4.77. The molecule has 0 heterocycles. The summed E-state index contributed by atoms with van der Waals surface area (Å²) in [7, 11) is 0. The molecule has 1 unspecified atom stereocenters. The molecule has 0 spiro atoms. The van der Waals surface area contributed by atoms with Gasteiger partial charge in [0.1, 0.15) is 19.4 Å². The summed E-state index contributed by atoms with van der Waals surface area (Å²) in [5.41, 5.74) is 2.21. The molecule has 0 amide bonds. The number of carbonyl (C=O) groups excluding carboxylic acids is 1. The minimum absolute atomic E-state index is 0.0645. The lowest BCUT2D eigenvalue weighted by Gasteiger charge is -2.20. The van der Waals surface area contributed by atoms with Gasteiger partial charge in [0.15, 0.2) is 0 Å². The lowest BCUT2D eigenvalue weighted by atomic mass is 10.0. The molecule has 0 radical (unpaired) electrons. The van der Waals surface area contributed by atoms with Gasteiger partial charge in [-0.05, 0) is 17.5 Å². The van der Waals surface area contributed by atoms with E-state index in [0.717, 1.165) is 36.8 Å². The number of ketones is 1. The van der Waals surface area contributed by atoms with Crippen LogP contribution in [0.5, 0.6) is 0 Å². The van der Waals surface area contributed by atoms with Gasteiger partial charge in [0.2, 0.25) is 0 Å². The molecule has 0 saturated heterocycles. The Morgan fingerprint density at radius 2 is 1.57 bits per heavy atom. The Labute approximate surface area is 217 Å². The smallest absolute Gasteiger partial charge is 0.149 e. The average Bonchev–Trinajstić information content (AvgIpc) is 3.16. The van der Waals surface area contributed by atoms with E-state index in [2.05, 4.69) is 35.0 Å². The second-order valence-corrected chi connectivity index (χ2v) is 9.83. The van der Waals surface area contributed by atoms with E-state index in [0.29, 0.717) is 19.6 Å². The number of unbranched alkanes of at least 4 members (excludes halogenated alkanes) is 2. The Morgan fingerprint density at radius 1 is 0.943 bits per heavy atom. The van der Waals surface area contributed by atoms with E-state index in [9.17, 15) is 4.79 Å². The van der Waals surface area contributed by atoms with Gasteiger partial charge in [-0.25, -0.2) is 0 Å². The number of ether oxygens (including phenoxy) is 4. The molecule has 3 rings (SSSR count). The first-order valence-electron chi connectivity index (χ1n) is 12.5. The van der Waals surface area contributed by atoms with Crippen molar-refractivity contribution >= 4 is 21.7 Å². The molecule has 2 aromatic rings. The first-order chi connectivity index (χ1) is 17.2. The van der Waals surface area contributed by atoms with Crippen LogP contribution in [0.1, 0.15) is 50.2 Å². The summed E-state index contributed by atoms with van der Waals surface area (Å²) in [6.07, 6.45) is 8.54. The Hall–Kier alpha value is -1.83. The molecular formula is C29H37BrO5. The maximum atomic E-state index is 12.4. The topological polar surface area (TPSA) is 54.0 Å². The van der Waals surface area contributed by atoms with E-state index in [1.807, 2.05) is 60.7 Å². The molecule has 1 aliphatic rings. The molecule has 0 aliphatic heterocycles. The Kier molecular flexibility index (Phi) is 12.7. The molecule has 1 saturated carbocycles. The first-order valence-corrected chi connectivity index (χ1v) is 13.4. The lowest BCUT2D eigenvalue weighted by Crippen LogP contribution is -2.23. The van der Waals surface area contributed by atoms with Crippen molar-refractivity contribution in [3.8, 4) is 0 Å². The van der Waals surface area contributed by atoms with Crippen molar-refractivity contribution in [2.45, 2.75) is 69.3 Å². The molecule has 6 heteroatoms. The second kappa shape index (κ2) is 16.0. The van der Waals surface area contributed by atoms with Crippen LogP contribution in [0.25, 0.3) is 0 Å². The van der Waals surface area contributed by atoms with Crippen molar-refractivity contribution in [3.05, 3.63) is 83.9 Å². The normalized spacial score (nSPS) is 21.1. The molecule has 1 aliphatic carbocycles. The monoisotopic (exact) mass is 544 g/mol. The molecule has 2 aromatic carbocycles. The maximum Gasteiger partial charge on any atom is 0.149 e. The largest absolute Gasteiger partial charge is 0.351 e.